The molecule has 2 aromatic carbocycles. The van der Waals surface area contributed by atoms with Crippen molar-refractivity contribution in [2.75, 3.05) is 25.2 Å². The van der Waals surface area contributed by atoms with E-state index in [1.54, 1.807) is 17.0 Å². The number of methoxy groups -OCH3 is 1. The van der Waals surface area contributed by atoms with Crippen LogP contribution in [0.3, 0.4) is 0 Å². The molecule has 0 unspecified atom stereocenters. The van der Waals surface area contributed by atoms with Crippen LogP contribution in [0.5, 0.6) is 0 Å². The third-order valence-corrected chi connectivity index (χ3v) is 11.0. The number of aromatic amines is 1. The van der Waals surface area contributed by atoms with E-state index in [4.69, 9.17) is 9.47 Å². The van der Waals surface area contributed by atoms with E-state index in [1.807, 2.05) is 50.3 Å². The molecule has 5 rings (SSSR count). The Balaban J connectivity index is 1.61. The van der Waals surface area contributed by atoms with Gasteiger partial charge in [-0.2, -0.15) is 0 Å². The second-order valence-electron chi connectivity index (χ2n) is 11.4. The fraction of sp³-hybridized carbons (Fsp3) is 0.483. The van der Waals surface area contributed by atoms with Crippen LogP contribution in [0.2, 0.25) is 18.6 Å². The number of nitrogens with one attached hydrogen (secondary N) is 1. The summed E-state index contributed by atoms with van der Waals surface area (Å²) in [5.41, 5.74) is 0.726. The number of hydrogen-bond acceptors (Lipinski definition) is 7. The molecule has 4 atom stereocenters. The van der Waals surface area contributed by atoms with Crippen LogP contribution in [0.15, 0.2) is 47.3 Å². The molecule has 40 heavy (non-hydrogen) atoms. The average molecular weight is 568 g/mol. The lowest BCUT2D eigenvalue weighted by atomic mass is 9.82. The minimum absolute atomic E-state index is 0.128. The number of amides is 1. The maximum absolute atomic E-state index is 14.4. The Morgan fingerprint density at radius 2 is 1.93 bits per heavy atom. The van der Waals surface area contributed by atoms with Crippen molar-refractivity contribution in [2.24, 2.45) is 5.92 Å². The van der Waals surface area contributed by atoms with Crippen molar-refractivity contribution < 1.29 is 29.0 Å². The first-order valence-electron chi connectivity index (χ1n) is 13.8. The topological polar surface area (TPSA) is 134 Å². The molecule has 11 heteroatoms. The summed E-state index contributed by atoms with van der Waals surface area (Å²) in [5, 5.41) is 13.5. The van der Waals surface area contributed by atoms with Gasteiger partial charge in [-0.05, 0) is 62.7 Å². The van der Waals surface area contributed by atoms with Crippen LogP contribution < -0.4 is 10.5 Å². The zero-order valence-electron chi connectivity index (χ0n) is 23.3. The molecule has 2 aliphatic heterocycles. The summed E-state index contributed by atoms with van der Waals surface area (Å²) < 4.78 is 12.9. The van der Waals surface area contributed by atoms with Crippen LogP contribution in [0.1, 0.15) is 38.2 Å². The van der Waals surface area contributed by atoms with Gasteiger partial charge in [0, 0.05) is 36.6 Å². The van der Waals surface area contributed by atoms with E-state index < -0.39 is 20.0 Å². The van der Waals surface area contributed by atoms with Gasteiger partial charge in [0.05, 0.1) is 35.5 Å². The standard InChI is InChI=1S/C29H37N3O7Si/c1-18-26(40(3,4)37)24(14-16-33)39-29(18)21-17-19(32-27(35)20-9-5-6-10-22(20)30-32)12-13-23(21)31(28(29)36)15-8-7-11-25(34)38-2/h5-6,9-10,12-13,17-18,24,26,30,33,37H,7-8,11,14-16H2,1-4H3/t18-,24+,26-,29+/m1/s1. The number of aliphatic hydroxyl groups is 1. The number of rotatable bonds is 9. The molecule has 214 valence electrons. The van der Waals surface area contributed by atoms with Crippen LogP contribution in [0.25, 0.3) is 16.6 Å². The number of carbonyl (C=O) groups excluding carboxylic acids is 2. The van der Waals surface area contributed by atoms with E-state index >= 15 is 0 Å². The Morgan fingerprint density at radius 1 is 1.18 bits per heavy atom. The molecule has 0 saturated carbocycles. The van der Waals surface area contributed by atoms with E-state index in [1.165, 1.54) is 11.8 Å². The van der Waals surface area contributed by atoms with E-state index in [0.717, 1.165) is 0 Å². The normalized spacial score (nSPS) is 24.3. The third-order valence-electron chi connectivity index (χ3n) is 8.47. The van der Waals surface area contributed by atoms with Crippen molar-refractivity contribution in [3.05, 3.63) is 58.4 Å². The summed E-state index contributed by atoms with van der Waals surface area (Å²) >= 11 is 0. The van der Waals surface area contributed by atoms with Crippen LogP contribution in [-0.4, -0.2) is 66.2 Å². The Hall–Kier alpha value is -3.25. The van der Waals surface area contributed by atoms with Crippen LogP contribution in [0, 0.1) is 5.92 Å². The first-order valence-corrected chi connectivity index (χ1v) is 16.8. The van der Waals surface area contributed by atoms with Crippen LogP contribution in [0.4, 0.5) is 5.69 Å². The van der Waals surface area contributed by atoms with Gasteiger partial charge in [-0.1, -0.05) is 19.1 Å². The summed E-state index contributed by atoms with van der Waals surface area (Å²) in [6.07, 6.45) is 1.21. The molecule has 3 N–H and O–H groups in total. The Kier molecular flexibility index (Phi) is 7.51. The zero-order valence-corrected chi connectivity index (χ0v) is 24.3. The quantitative estimate of drug-likeness (QED) is 0.205. The maximum atomic E-state index is 14.4. The van der Waals surface area contributed by atoms with Crippen molar-refractivity contribution in [3.8, 4) is 5.69 Å². The maximum Gasteiger partial charge on any atom is 0.305 e. The number of para-hydroxylation sites is 1. The molecule has 0 radical (unpaired) electrons. The van der Waals surface area contributed by atoms with Crippen molar-refractivity contribution in [1.82, 2.24) is 9.78 Å². The molecule has 3 aromatic rings. The minimum atomic E-state index is -2.83. The number of ether oxygens (including phenoxy) is 2. The van der Waals surface area contributed by atoms with Gasteiger partial charge in [-0.3, -0.25) is 19.5 Å². The van der Waals surface area contributed by atoms with Crippen molar-refractivity contribution in [2.45, 2.75) is 62.9 Å². The molecular weight excluding hydrogens is 530 g/mol. The summed E-state index contributed by atoms with van der Waals surface area (Å²) in [5.74, 6) is -0.898. The average Bonchev–Trinajstić information content (AvgIpc) is 3.50. The molecule has 1 fully saturated rings. The Morgan fingerprint density at radius 3 is 2.60 bits per heavy atom. The number of aromatic nitrogens is 2. The van der Waals surface area contributed by atoms with Gasteiger partial charge in [0.25, 0.3) is 11.5 Å². The second-order valence-corrected chi connectivity index (χ2v) is 15.3. The summed E-state index contributed by atoms with van der Waals surface area (Å²) in [4.78, 5) is 52.2. The Labute approximate surface area is 233 Å². The number of fused-ring (bicyclic) bond motifs is 3. The molecule has 3 heterocycles. The first kappa shape index (κ1) is 28.3. The van der Waals surface area contributed by atoms with E-state index in [-0.39, 0.29) is 41.9 Å². The number of anilines is 1. The highest BCUT2D eigenvalue weighted by Gasteiger charge is 2.66. The van der Waals surface area contributed by atoms with Gasteiger partial charge in [0.15, 0.2) is 13.9 Å². The zero-order chi connectivity index (χ0) is 28.8. The highest BCUT2D eigenvalue weighted by molar-refractivity contribution is 6.71. The van der Waals surface area contributed by atoms with Crippen molar-refractivity contribution >= 4 is 36.8 Å². The first-order chi connectivity index (χ1) is 19.0. The molecule has 2 aliphatic rings. The molecule has 0 aliphatic carbocycles. The van der Waals surface area contributed by atoms with Gasteiger partial charge in [-0.25, -0.2) is 4.68 Å². The summed E-state index contributed by atoms with van der Waals surface area (Å²) in [7, 11) is -1.48. The highest BCUT2D eigenvalue weighted by Crippen LogP contribution is 2.59. The fourth-order valence-corrected chi connectivity index (χ4v) is 9.31. The number of unbranched alkanes of at least 4 members (excludes halogenated alkanes) is 1. The van der Waals surface area contributed by atoms with E-state index in [9.17, 15) is 24.3 Å². The van der Waals surface area contributed by atoms with Gasteiger partial charge in [0.1, 0.15) is 0 Å². The van der Waals surface area contributed by atoms with Crippen LogP contribution >= 0.6 is 0 Å². The number of nitrogens with zero attached hydrogens (tertiary/aromatic N) is 2. The molecule has 0 bridgehead atoms. The van der Waals surface area contributed by atoms with E-state index in [0.29, 0.717) is 53.6 Å². The number of H-pyrrole nitrogens is 1. The third kappa shape index (κ3) is 4.50. The molecule has 1 amide bonds. The molecule has 1 aromatic heterocycles. The van der Waals surface area contributed by atoms with Gasteiger partial charge in [0.2, 0.25) is 0 Å². The monoisotopic (exact) mass is 567 g/mol. The lowest BCUT2D eigenvalue weighted by Crippen LogP contribution is -2.46. The number of aliphatic hydroxyl groups excluding tert-OH is 1. The van der Waals surface area contributed by atoms with Crippen molar-refractivity contribution in [3.63, 3.8) is 0 Å². The predicted molar refractivity (Wildman–Crippen MR) is 153 cm³/mol. The second kappa shape index (κ2) is 10.6. The SMILES string of the molecule is COC(=O)CCCCN1C(=O)[C@@]2(O[C@@H](CCO)[C@H]([Si](C)(C)O)[C@H]2C)c2cc(-n3[nH]c4ccccc4c3=O)ccc21. The fourth-order valence-electron chi connectivity index (χ4n) is 6.71. The molecule has 1 saturated heterocycles. The number of esters is 1. The van der Waals surface area contributed by atoms with Gasteiger partial charge in [-0.15, -0.1) is 0 Å². The number of benzene rings is 2. The lowest BCUT2D eigenvalue weighted by molar-refractivity contribution is -0.146. The molecule has 10 nitrogen and oxygen atoms in total. The Bertz CT molecular complexity index is 1490. The van der Waals surface area contributed by atoms with Crippen LogP contribution in [-0.2, 0) is 24.7 Å². The largest absolute Gasteiger partial charge is 0.469 e. The smallest absolute Gasteiger partial charge is 0.305 e. The summed E-state index contributed by atoms with van der Waals surface area (Å²) in [6, 6.07) is 12.7. The minimum Gasteiger partial charge on any atom is -0.469 e. The van der Waals surface area contributed by atoms with Crippen molar-refractivity contribution in [1.29, 1.82) is 0 Å². The van der Waals surface area contributed by atoms with E-state index in [2.05, 4.69) is 5.10 Å². The van der Waals surface area contributed by atoms with Gasteiger partial charge >= 0.3 is 5.97 Å². The van der Waals surface area contributed by atoms with Gasteiger partial charge < -0.3 is 24.3 Å². The molecular formula is C29H37N3O7Si. The highest BCUT2D eigenvalue weighted by atomic mass is 28.4. The number of hydrogen-bond donors (Lipinski definition) is 3. The molecule has 1 spiro atoms. The predicted octanol–water partition coefficient (Wildman–Crippen LogP) is 3.19. The summed E-state index contributed by atoms with van der Waals surface area (Å²) in [6.45, 7) is 5.87. The lowest BCUT2D eigenvalue weighted by Gasteiger charge is -2.32. The number of carbonyl (C=O) groups is 2.